The van der Waals surface area contributed by atoms with Crippen LogP contribution >= 0.6 is 0 Å². The molecule has 22 heavy (non-hydrogen) atoms. The van der Waals surface area contributed by atoms with E-state index in [2.05, 4.69) is 22.7 Å². The number of carbonyl (C=O) groups excluding carboxylic acids is 1. The molecular weight excluding hydrogens is 282 g/mol. The van der Waals surface area contributed by atoms with Gasteiger partial charge in [0.25, 0.3) is 0 Å². The summed E-state index contributed by atoms with van der Waals surface area (Å²) < 4.78 is 2.64. The molecule has 3 rings (SSSR count). The Morgan fingerprint density at radius 3 is 2.91 bits per heavy atom. The molecule has 1 aliphatic rings. The van der Waals surface area contributed by atoms with E-state index in [-0.39, 0.29) is 23.6 Å². The van der Waals surface area contributed by atoms with Crippen LogP contribution < -0.4 is 16.3 Å². The highest BCUT2D eigenvalue weighted by Crippen LogP contribution is 2.26. The maximum Gasteiger partial charge on any atom is 0.350 e. The summed E-state index contributed by atoms with van der Waals surface area (Å²) >= 11 is 0. The Morgan fingerprint density at radius 2 is 2.18 bits per heavy atom. The van der Waals surface area contributed by atoms with Gasteiger partial charge in [0, 0.05) is 12.7 Å². The van der Waals surface area contributed by atoms with Crippen molar-refractivity contribution in [3.05, 3.63) is 34.9 Å². The first kappa shape index (κ1) is 14.8. The van der Waals surface area contributed by atoms with E-state index >= 15 is 0 Å². The van der Waals surface area contributed by atoms with Gasteiger partial charge in [-0.3, -0.25) is 9.20 Å². The van der Waals surface area contributed by atoms with Crippen LogP contribution in [0.4, 0.5) is 0 Å². The normalized spacial score (nSPS) is 17.5. The lowest BCUT2D eigenvalue weighted by molar-refractivity contribution is -0.122. The Hall–Kier alpha value is -2.15. The quantitative estimate of drug-likeness (QED) is 0.833. The van der Waals surface area contributed by atoms with E-state index in [4.69, 9.17) is 0 Å². The van der Waals surface area contributed by atoms with E-state index in [1.165, 1.54) is 9.08 Å². The first-order valence-corrected chi connectivity index (χ1v) is 7.59. The minimum absolute atomic E-state index is 0.0468. The number of hydrogen-bond acceptors (Lipinski definition) is 4. The second-order valence-corrected chi connectivity index (χ2v) is 6.21. The van der Waals surface area contributed by atoms with E-state index in [9.17, 15) is 9.59 Å². The second kappa shape index (κ2) is 5.92. The number of piperidine rings is 1. The van der Waals surface area contributed by atoms with Crippen molar-refractivity contribution >= 4 is 11.6 Å². The Kier molecular flexibility index (Phi) is 3.98. The standard InChI is InChI=1S/C15H21N5O2/c1-15(5-7-16-8-6-15)11-17-13(21)10-20-14(22)19-9-3-2-4-12(19)18-20/h2-4,9,16H,5-8,10-11H2,1H3,(H,17,21). The molecule has 2 N–H and O–H groups in total. The highest BCUT2D eigenvalue weighted by Gasteiger charge is 2.27. The third-order valence-corrected chi connectivity index (χ3v) is 4.30. The van der Waals surface area contributed by atoms with Crippen molar-refractivity contribution in [1.29, 1.82) is 0 Å². The maximum atomic E-state index is 12.1. The van der Waals surface area contributed by atoms with Gasteiger partial charge in [-0.15, -0.1) is 5.10 Å². The third kappa shape index (κ3) is 3.04. The molecule has 0 bridgehead atoms. The Morgan fingerprint density at radius 1 is 1.41 bits per heavy atom. The lowest BCUT2D eigenvalue weighted by atomic mass is 9.81. The highest BCUT2D eigenvalue weighted by atomic mass is 16.2. The van der Waals surface area contributed by atoms with Crippen LogP contribution in [0.3, 0.4) is 0 Å². The van der Waals surface area contributed by atoms with Crippen LogP contribution in [-0.2, 0) is 11.3 Å². The summed E-state index contributed by atoms with van der Waals surface area (Å²) in [4.78, 5) is 24.2. The molecule has 7 heteroatoms. The van der Waals surface area contributed by atoms with Crippen molar-refractivity contribution in [3.63, 3.8) is 0 Å². The van der Waals surface area contributed by atoms with E-state index < -0.39 is 0 Å². The van der Waals surface area contributed by atoms with Crippen LogP contribution in [0.15, 0.2) is 29.2 Å². The first-order valence-electron chi connectivity index (χ1n) is 7.59. The number of pyridine rings is 1. The molecule has 1 saturated heterocycles. The molecule has 0 spiro atoms. The maximum absolute atomic E-state index is 12.1. The van der Waals surface area contributed by atoms with Crippen molar-refractivity contribution in [2.45, 2.75) is 26.3 Å². The van der Waals surface area contributed by atoms with Gasteiger partial charge in [-0.1, -0.05) is 13.0 Å². The van der Waals surface area contributed by atoms with Crippen molar-refractivity contribution in [3.8, 4) is 0 Å². The van der Waals surface area contributed by atoms with Gasteiger partial charge in [-0.2, -0.15) is 0 Å². The number of amides is 1. The fourth-order valence-electron chi connectivity index (χ4n) is 2.78. The largest absolute Gasteiger partial charge is 0.354 e. The Bertz CT molecular complexity index is 727. The second-order valence-electron chi connectivity index (χ2n) is 6.21. The van der Waals surface area contributed by atoms with Gasteiger partial charge >= 0.3 is 5.69 Å². The fraction of sp³-hybridized carbons (Fsp3) is 0.533. The molecule has 118 valence electrons. The van der Waals surface area contributed by atoms with Gasteiger partial charge in [0.1, 0.15) is 6.54 Å². The molecule has 1 aliphatic heterocycles. The number of hydrogen-bond donors (Lipinski definition) is 2. The molecule has 0 saturated carbocycles. The van der Waals surface area contributed by atoms with E-state index in [0.29, 0.717) is 12.2 Å². The molecular formula is C15H21N5O2. The van der Waals surface area contributed by atoms with Gasteiger partial charge in [-0.05, 0) is 43.5 Å². The SMILES string of the molecule is CC1(CNC(=O)Cn2nc3ccccn3c2=O)CCNCC1. The van der Waals surface area contributed by atoms with Crippen LogP contribution in [0, 0.1) is 5.41 Å². The lowest BCUT2D eigenvalue weighted by Crippen LogP contribution is -2.44. The monoisotopic (exact) mass is 303 g/mol. The highest BCUT2D eigenvalue weighted by molar-refractivity contribution is 5.75. The van der Waals surface area contributed by atoms with E-state index in [0.717, 1.165) is 25.9 Å². The summed E-state index contributed by atoms with van der Waals surface area (Å²) in [7, 11) is 0. The lowest BCUT2D eigenvalue weighted by Gasteiger charge is -2.34. The minimum atomic E-state index is -0.293. The van der Waals surface area contributed by atoms with E-state index in [1.807, 2.05) is 6.07 Å². The Balaban J connectivity index is 1.63. The number of nitrogens with one attached hydrogen (secondary N) is 2. The summed E-state index contributed by atoms with van der Waals surface area (Å²) in [5.41, 5.74) is 0.384. The number of aromatic nitrogens is 3. The first-order chi connectivity index (χ1) is 10.6. The van der Waals surface area contributed by atoms with Crippen LogP contribution in [0.5, 0.6) is 0 Å². The summed E-state index contributed by atoms with van der Waals surface area (Å²) in [6.45, 7) is 4.74. The van der Waals surface area contributed by atoms with Crippen LogP contribution in [-0.4, -0.2) is 39.7 Å². The predicted molar refractivity (Wildman–Crippen MR) is 82.7 cm³/mol. The van der Waals surface area contributed by atoms with Crippen LogP contribution in [0.1, 0.15) is 19.8 Å². The Labute approximate surface area is 128 Å². The zero-order chi connectivity index (χ0) is 15.6. The van der Waals surface area contributed by atoms with Crippen molar-refractivity contribution in [1.82, 2.24) is 24.8 Å². The van der Waals surface area contributed by atoms with Gasteiger partial charge < -0.3 is 10.6 Å². The molecule has 0 unspecified atom stereocenters. The minimum Gasteiger partial charge on any atom is -0.354 e. The molecule has 2 aromatic heterocycles. The zero-order valence-corrected chi connectivity index (χ0v) is 12.7. The van der Waals surface area contributed by atoms with E-state index in [1.54, 1.807) is 18.3 Å². The molecule has 2 aromatic rings. The summed E-state index contributed by atoms with van der Waals surface area (Å²) in [5.74, 6) is -0.176. The smallest absolute Gasteiger partial charge is 0.350 e. The number of fused-ring (bicyclic) bond motifs is 1. The van der Waals surface area contributed by atoms with Gasteiger partial charge in [-0.25, -0.2) is 9.48 Å². The average Bonchev–Trinajstić information content (AvgIpc) is 2.83. The van der Waals surface area contributed by atoms with Crippen molar-refractivity contribution in [2.24, 2.45) is 5.41 Å². The van der Waals surface area contributed by atoms with Crippen LogP contribution in [0.2, 0.25) is 0 Å². The third-order valence-electron chi connectivity index (χ3n) is 4.30. The average molecular weight is 303 g/mol. The van der Waals surface area contributed by atoms with Crippen molar-refractivity contribution < 1.29 is 4.79 Å². The molecule has 3 heterocycles. The molecule has 0 aliphatic carbocycles. The predicted octanol–water partition coefficient (Wildman–Crippen LogP) is 0.00190. The number of carbonyl (C=O) groups is 1. The molecule has 0 radical (unpaired) electrons. The summed E-state index contributed by atoms with van der Waals surface area (Å²) in [6, 6.07) is 5.31. The van der Waals surface area contributed by atoms with Gasteiger partial charge in [0.2, 0.25) is 5.91 Å². The number of rotatable bonds is 4. The molecule has 0 atom stereocenters. The van der Waals surface area contributed by atoms with Crippen molar-refractivity contribution in [2.75, 3.05) is 19.6 Å². The zero-order valence-electron chi connectivity index (χ0n) is 12.7. The fourth-order valence-corrected chi connectivity index (χ4v) is 2.78. The summed E-state index contributed by atoms with van der Waals surface area (Å²) in [6.07, 6.45) is 3.73. The molecule has 0 aromatic carbocycles. The molecule has 1 fully saturated rings. The number of nitrogens with zero attached hydrogens (tertiary/aromatic N) is 3. The molecule has 7 nitrogen and oxygen atoms in total. The molecule has 1 amide bonds. The topological polar surface area (TPSA) is 80.4 Å². The summed E-state index contributed by atoms with van der Waals surface area (Å²) in [5, 5.41) is 10.4. The van der Waals surface area contributed by atoms with Crippen LogP contribution in [0.25, 0.3) is 5.65 Å². The van der Waals surface area contributed by atoms with Gasteiger partial charge in [0.15, 0.2) is 5.65 Å². The van der Waals surface area contributed by atoms with Gasteiger partial charge in [0.05, 0.1) is 0 Å².